The van der Waals surface area contributed by atoms with Gasteiger partial charge in [0.2, 0.25) is 0 Å². The first-order chi connectivity index (χ1) is 4.18. The topological polar surface area (TPSA) is 25.8 Å². The first kappa shape index (κ1) is 9.92. The Morgan fingerprint density at radius 1 is 1.20 bits per heavy atom. The maximum absolute atomic E-state index is 4.00. The zero-order valence-electron chi connectivity index (χ0n) is 5.74. The average molecular weight is 199 g/mol. The van der Waals surface area contributed by atoms with Gasteiger partial charge in [0.25, 0.3) is 0 Å². The third-order valence-corrected chi connectivity index (χ3v) is 1.17. The van der Waals surface area contributed by atoms with Gasteiger partial charge in [0.15, 0.2) is 5.16 Å². The Balaban J connectivity index is 0.000000810. The van der Waals surface area contributed by atoms with Gasteiger partial charge in [-0.3, -0.25) is 0 Å². The van der Waals surface area contributed by atoms with E-state index < -0.39 is 0 Å². The fourth-order valence-electron chi connectivity index (χ4n) is 0.707. The first-order valence-electron chi connectivity index (χ1n) is 2.70. The van der Waals surface area contributed by atoms with Gasteiger partial charge in [-0.1, -0.05) is 0 Å². The molecule has 4 heteroatoms. The Hall–Kier alpha value is -0.0765. The van der Waals surface area contributed by atoms with Gasteiger partial charge in [0.05, 0.1) is 0 Å². The molecule has 0 aliphatic carbocycles. The molecule has 1 rings (SSSR count). The molecule has 0 aromatic carbocycles. The van der Waals surface area contributed by atoms with Gasteiger partial charge in [-0.15, -0.1) is 12.6 Å². The second kappa shape index (κ2) is 3.94. The molecule has 0 aliphatic rings. The summed E-state index contributed by atoms with van der Waals surface area (Å²) >= 11 is 4.00. The molecule has 1 heterocycles. The van der Waals surface area contributed by atoms with Crippen LogP contribution in [0.1, 0.15) is 11.4 Å². The monoisotopic (exact) mass is 198 g/mol. The molecule has 0 saturated heterocycles. The van der Waals surface area contributed by atoms with E-state index in [1.54, 1.807) is 0 Å². The third kappa shape index (κ3) is 2.67. The number of rotatable bonds is 0. The van der Waals surface area contributed by atoms with Gasteiger partial charge in [-0.25, -0.2) is 9.97 Å². The van der Waals surface area contributed by atoms with Gasteiger partial charge in [0.1, 0.15) is 0 Å². The number of thiol groups is 1. The fourth-order valence-corrected chi connectivity index (χ4v) is 1.02. The zero-order chi connectivity index (χ0) is 6.85. The minimum absolute atomic E-state index is 0. The average Bonchev–Trinajstić information content (AvgIpc) is 1.59. The van der Waals surface area contributed by atoms with Gasteiger partial charge in [-0.05, 0) is 19.9 Å². The summed E-state index contributed by atoms with van der Waals surface area (Å²) in [6, 6.07) is 1.92. The maximum atomic E-state index is 4.00. The van der Waals surface area contributed by atoms with Crippen LogP contribution in [0.3, 0.4) is 0 Å². The molecule has 1 aromatic rings. The molecule has 2 nitrogen and oxygen atoms in total. The van der Waals surface area contributed by atoms with Crippen LogP contribution in [0.4, 0.5) is 0 Å². The first-order valence-corrected chi connectivity index (χ1v) is 3.14. The molecule has 0 atom stereocenters. The maximum Gasteiger partial charge on any atom is 0.184 e. The van der Waals surface area contributed by atoms with Crippen LogP contribution in [0, 0.1) is 13.8 Å². The van der Waals surface area contributed by atoms with Crippen molar-refractivity contribution in [2.24, 2.45) is 0 Å². The Labute approximate surface area is 75.8 Å². The number of hydrogen-bond donors (Lipinski definition) is 1. The standard InChI is InChI=1S/C6H8N2S.Ni/c1-4-3-5(2)8-6(9)7-4;/h3H,1-2H3,(H,7,8,9);. The molecule has 0 amide bonds. The Bertz CT molecular complexity index is 177. The predicted octanol–water partition coefficient (Wildman–Crippen LogP) is 1.38. The fraction of sp³-hybridized carbons (Fsp3) is 0.333. The zero-order valence-corrected chi connectivity index (χ0v) is 7.62. The summed E-state index contributed by atoms with van der Waals surface area (Å²) in [6.45, 7) is 3.85. The van der Waals surface area contributed by atoms with Crippen LogP contribution in [-0.2, 0) is 16.5 Å². The van der Waals surface area contributed by atoms with E-state index in [2.05, 4.69) is 22.6 Å². The van der Waals surface area contributed by atoms with Crippen molar-refractivity contribution in [2.45, 2.75) is 19.0 Å². The van der Waals surface area contributed by atoms with E-state index in [1.165, 1.54) is 0 Å². The summed E-state index contributed by atoms with van der Waals surface area (Å²) in [4.78, 5) is 7.98. The van der Waals surface area contributed by atoms with Crippen molar-refractivity contribution in [2.75, 3.05) is 0 Å². The molecule has 0 aliphatic heterocycles. The summed E-state index contributed by atoms with van der Waals surface area (Å²) < 4.78 is 0. The van der Waals surface area contributed by atoms with Crippen molar-refractivity contribution in [3.05, 3.63) is 17.5 Å². The number of aromatic nitrogens is 2. The van der Waals surface area contributed by atoms with E-state index in [4.69, 9.17) is 0 Å². The Morgan fingerprint density at radius 3 is 1.90 bits per heavy atom. The number of aryl methyl sites for hydroxylation is 2. The van der Waals surface area contributed by atoms with Crippen molar-refractivity contribution < 1.29 is 16.5 Å². The molecule has 0 spiro atoms. The van der Waals surface area contributed by atoms with E-state index in [0.717, 1.165) is 11.4 Å². The van der Waals surface area contributed by atoms with E-state index in [1.807, 2.05) is 19.9 Å². The molecule has 0 fully saturated rings. The molecular weight excluding hydrogens is 191 g/mol. The van der Waals surface area contributed by atoms with Crippen molar-refractivity contribution in [3.63, 3.8) is 0 Å². The number of nitrogens with zero attached hydrogens (tertiary/aromatic N) is 2. The van der Waals surface area contributed by atoms with Crippen LogP contribution < -0.4 is 0 Å². The van der Waals surface area contributed by atoms with Crippen LogP contribution in [0.15, 0.2) is 11.2 Å². The normalized spacial score (nSPS) is 8.70. The van der Waals surface area contributed by atoms with Crippen LogP contribution in [0.5, 0.6) is 0 Å². The molecule has 1 aromatic heterocycles. The molecular formula is C6H8N2NiS. The van der Waals surface area contributed by atoms with Crippen LogP contribution >= 0.6 is 12.6 Å². The van der Waals surface area contributed by atoms with Crippen molar-refractivity contribution in [1.82, 2.24) is 9.97 Å². The second-order valence-corrected chi connectivity index (χ2v) is 2.35. The smallest absolute Gasteiger partial charge is 0.184 e. The summed E-state index contributed by atoms with van der Waals surface area (Å²) in [5.74, 6) is 0. The quantitative estimate of drug-likeness (QED) is 0.388. The van der Waals surface area contributed by atoms with Crippen LogP contribution in [-0.4, -0.2) is 9.97 Å². The molecule has 0 N–H and O–H groups in total. The summed E-state index contributed by atoms with van der Waals surface area (Å²) in [5, 5.41) is 0.549. The molecule has 0 radical (unpaired) electrons. The molecule has 0 unspecified atom stereocenters. The summed E-state index contributed by atoms with van der Waals surface area (Å²) in [7, 11) is 0. The van der Waals surface area contributed by atoms with Crippen LogP contribution in [0.25, 0.3) is 0 Å². The van der Waals surface area contributed by atoms with Crippen LogP contribution in [0.2, 0.25) is 0 Å². The molecule has 0 bridgehead atoms. The molecule has 0 saturated carbocycles. The summed E-state index contributed by atoms with van der Waals surface area (Å²) in [5.41, 5.74) is 1.93. The molecule has 10 heavy (non-hydrogen) atoms. The minimum Gasteiger partial charge on any atom is -0.228 e. The Morgan fingerprint density at radius 2 is 1.60 bits per heavy atom. The number of hydrogen-bond acceptors (Lipinski definition) is 3. The summed E-state index contributed by atoms with van der Waals surface area (Å²) in [6.07, 6.45) is 0. The van der Waals surface area contributed by atoms with E-state index in [0.29, 0.717) is 5.16 Å². The van der Waals surface area contributed by atoms with Gasteiger partial charge in [-0.2, -0.15) is 0 Å². The SMILES string of the molecule is Cc1cc(C)nc(S)n1.[Ni]. The van der Waals surface area contributed by atoms with E-state index in [9.17, 15) is 0 Å². The Kier molecular flexibility index (Phi) is 3.91. The molecule has 58 valence electrons. The van der Waals surface area contributed by atoms with Crippen molar-refractivity contribution in [3.8, 4) is 0 Å². The van der Waals surface area contributed by atoms with E-state index >= 15 is 0 Å². The second-order valence-electron chi connectivity index (χ2n) is 1.95. The third-order valence-electron chi connectivity index (χ3n) is 0.970. The predicted molar refractivity (Wildman–Crippen MR) is 38.8 cm³/mol. The van der Waals surface area contributed by atoms with Crippen molar-refractivity contribution in [1.29, 1.82) is 0 Å². The largest absolute Gasteiger partial charge is 0.228 e. The van der Waals surface area contributed by atoms with Gasteiger partial charge >= 0.3 is 0 Å². The van der Waals surface area contributed by atoms with Gasteiger partial charge in [0, 0.05) is 27.9 Å². The van der Waals surface area contributed by atoms with Gasteiger partial charge < -0.3 is 0 Å². The van der Waals surface area contributed by atoms with Crippen molar-refractivity contribution >= 4 is 12.6 Å². The minimum atomic E-state index is 0. The van der Waals surface area contributed by atoms with E-state index in [-0.39, 0.29) is 16.5 Å².